The molecule has 1 aliphatic heterocycles. The van der Waals surface area contributed by atoms with E-state index >= 15 is 0 Å². The number of hydrogen-bond donors (Lipinski definition) is 3. The van der Waals surface area contributed by atoms with E-state index in [2.05, 4.69) is 4.90 Å². The second kappa shape index (κ2) is 11.9. The third-order valence-corrected chi connectivity index (χ3v) is 5.64. The first-order valence-electron chi connectivity index (χ1n) is 10.5. The van der Waals surface area contributed by atoms with E-state index in [-0.39, 0.29) is 6.10 Å². The Morgan fingerprint density at radius 1 is 1.00 bits per heavy atom. The maximum Gasteiger partial charge on any atom is 0.416 e. The Balaban J connectivity index is 0.000000390. The minimum Gasteiger partial charge on any atom is -0.478 e. The fourth-order valence-corrected chi connectivity index (χ4v) is 3.94. The van der Waals surface area contributed by atoms with Crippen molar-refractivity contribution in [2.45, 2.75) is 38.0 Å². The minimum atomic E-state index is -4.30. The first kappa shape index (κ1) is 25.7. The van der Waals surface area contributed by atoms with Crippen LogP contribution in [-0.4, -0.2) is 71.0 Å². The number of aliphatic hydroxyl groups excluding tert-OH is 1. The van der Waals surface area contributed by atoms with E-state index in [0.717, 1.165) is 58.1 Å². The van der Waals surface area contributed by atoms with Crippen LogP contribution in [0.25, 0.3) is 0 Å². The summed E-state index contributed by atoms with van der Waals surface area (Å²) < 4.78 is 38.5. The van der Waals surface area contributed by atoms with Crippen LogP contribution in [0.4, 0.5) is 18.9 Å². The average molecular weight is 458 g/mol. The van der Waals surface area contributed by atoms with Gasteiger partial charge in [-0.25, -0.2) is 9.59 Å². The first-order chi connectivity index (χ1) is 15.1. The number of rotatable bonds is 5. The average Bonchev–Trinajstić information content (AvgIpc) is 2.74. The largest absolute Gasteiger partial charge is 0.478 e. The zero-order valence-corrected chi connectivity index (χ0v) is 17.7. The standard InChI is InChI=1S/C18H25F3N2O.C4H4O4/c19-18(20,21)15-5-3-6-16(12-15)23-10-8-22(9-11-23)13-14-4-1-2-7-17(14)24;5-3(6)1-2-4(7)8/h3,5-6,12,14,17,24H,1-2,4,7-11,13H2;1-2H,(H,5,6)(H,7,8)/b;2-1+. The van der Waals surface area contributed by atoms with Crippen molar-refractivity contribution in [3.63, 3.8) is 0 Å². The van der Waals surface area contributed by atoms with Crippen molar-refractivity contribution in [1.82, 2.24) is 4.90 Å². The Labute approximate surface area is 184 Å². The molecule has 3 N–H and O–H groups in total. The number of halogens is 3. The van der Waals surface area contributed by atoms with Gasteiger partial charge in [-0.3, -0.25) is 4.90 Å². The lowest BCUT2D eigenvalue weighted by molar-refractivity contribution is -0.137. The van der Waals surface area contributed by atoms with E-state index in [9.17, 15) is 27.9 Å². The van der Waals surface area contributed by atoms with E-state index in [1.807, 2.05) is 4.90 Å². The van der Waals surface area contributed by atoms with E-state index in [1.165, 1.54) is 18.6 Å². The molecule has 0 amide bonds. The number of piperazine rings is 1. The van der Waals surface area contributed by atoms with Gasteiger partial charge >= 0.3 is 18.1 Å². The van der Waals surface area contributed by atoms with Gasteiger partial charge in [0.05, 0.1) is 11.7 Å². The second-order valence-corrected chi connectivity index (χ2v) is 7.96. The Bertz CT molecular complexity index is 776. The molecule has 7 nitrogen and oxygen atoms in total. The van der Waals surface area contributed by atoms with Crippen LogP contribution in [0, 0.1) is 5.92 Å². The second-order valence-electron chi connectivity index (χ2n) is 7.96. The Morgan fingerprint density at radius 3 is 2.12 bits per heavy atom. The number of benzene rings is 1. The Hall–Kier alpha value is -2.59. The molecule has 178 valence electrons. The lowest BCUT2D eigenvalue weighted by Crippen LogP contribution is -2.49. The van der Waals surface area contributed by atoms with Crippen molar-refractivity contribution in [2.75, 3.05) is 37.6 Å². The van der Waals surface area contributed by atoms with Gasteiger partial charge in [0.1, 0.15) is 0 Å². The predicted molar refractivity (Wildman–Crippen MR) is 112 cm³/mol. The molecule has 1 aromatic rings. The lowest BCUT2D eigenvalue weighted by atomic mass is 9.86. The molecule has 1 aliphatic carbocycles. The van der Waals surface area contributed by atoms with Crippen molar-refractivity contribution in [2.24, 2.45) is 5.92 Å². The van der Waals surface area contributed by atoms with Gasteiger partial charge in [-0.15, -0.1) is 0 Å². The minimum absolute atomic E-state index is 0.194. The van der Waals surface area contributed by atoms with Crippen molar-refractivity contribution in [1.29, 1.82) is 0 Å². The van der Waals surface area contributed by atoms with Gasteiger partial charge in [0.2, 0.25) is 0 Å². The summed E-state index contributed by atoms with van der Waals surface area (Å²) in [7, 11) is 0. The summed E-state index contributed by atoms with van der Waals surface area (Å²) in [5, 5.41) is 25.7. The Kier molecular flexibility index (Phi) is 9.52. The highest BCUT2D eigenvalue weighted by Gasteiger charge is 2.31. The molecule has 1 saturated heterocycles. The number of hydrogen-bond acceptors (Lipinski definition) is 5. The van der Waals surface area contributed by atoms with Crippen LogP contribution in [-0.2, 0) is 15.8 Å². The summed E-state index contributed by atoms with van der Waals surface area (Å²) in [6, 6.07) is 5.57. The molecule has 1 aromatic carbocycles. The van der Waals surface area contributed by atoms with Crippen molar-refractivity contribution in [3.8, 4) is 0 Å². The van der Waals surface area contributed by atoms with Gasteiger partial charge in [-0.2, -0.15) is 13.2 Å². The summed E-state index contributed by atoms with van der Waals surface area (Å²) in [4.78, 5) is 23.5. The van der Waals surface area contributed by atoms with Crippen LogP contribution < -0.4 is 4.90 Å². The summed E-state index contributed by atoms with van der Waals surface area (Å²) in [6.45, 7) is 4.02. The quantitative estimate of drug-likeness (QED) is 0.583. The molecule has 2 aliphatic rings. The highest BCUT2D eigenvalue weighted by molar-refractivity contribution is 5.89. The number of carboxylic acids is 2. The van der Waals surface area contributed by atoms with Gasteiger partial charge in [0, 0.05) is 50.6 Å². The van der Waals surface area contributed by atoms with Crippen LogP contribution in [0.2, 0.25) is 0 Å². The number of aliphatic hydroxyl groups is 1. The van der Waals surface area contributed by atoms with Crippen LogP contribution >= 0.6 is 0 Å². The molecule has 2 fully saturated rings. The predicted octanol–water partition coefficient (Wildman–Crippen LogP) is 3.09. The van der Waals surface area contributed by atoms with Gasteiger partial charge in [-0.1, -0.05) is 18.9 Å². The maximum absolute atomic E-state index is 12.8. The maximum atomic E-state index is 12.8. The number of carboxylic acid groups (broad SMARTS) is 2. The highest BCUT2D eigenvalue weighted by Crippen LogP contribution is 2.32. The van der Waals surface area contributed by atoms with Gasteiger partial charge in [0.25, 0.3) is 0 Å². The van der Waals surface area contributed by atoms with E-state index in [1.54, 1.807) is 6.07 Å². The lowest BCUT2D eigenvalue weighted by Gasteiger charge is -2.39. The normalized spacial score (nSPS) is 22.3. The highest BCUT2D eigenvalue weighted by atomic mass is 19.4. The van der Waals surface area contributed by atoms with Crippen molar-refractivity contribution >= 4 is 17.6 Å². The molecule has 2 atom stereocenters. The zero-order chi connectivity index (χ0) is 23.7. The molecule has 0 bridgehead atoms. The number of alkyl halides is 3. The molecular weight excluding hydrogens is 429 g/mol. The summed E-state index contributed by atoms with van der Waals surface area (Å²) in [5.74, 6) is -2.17. The monoisotopic (exact) mass is 458 g/mol. The number of carbonyl (C=O) groups is 2. The zero-order valence-electron chi connectivity index (χ0n) is 17.7. The summed E-state index contributed by atoms with van der Waals surface area (Å²) in [5.41, 5.74) is 0.0509. The topological polar surface area (TPSA) is 101 Å². The molecule has 0 aromatic heterocycles. The molecule has 2 unspecified atom stereocenters. The van der Waals surface area contributed by atoms with Crippen molar-refractivity contribution < 1.29 is 38.1 Å². The number of anilines is 1. The van der Waals surface area contributed by atoms with Crippen molar-refractivity contribution in [3.05, 3.63) is 42.0 Å². The van der Waals surface area contributed by atoms with Crippen LogP contribution in [0.3, 0.4) is 0 Å². The molecule has 1 heterocycles. The van der Waals surface area contributed by atoms with Gasteiger partial charge in [0.15, 0.2) is 0 Å². The van der Waals surface area contributed by atoms with E-state index in [4.69, 9.17) is 10.2 Å². The molecule has 3 rings (SSSR count). The van der Waals surface area contributed by atoms with Crippen LogP contribution in [0.5, 0.6) is 0 Å². The third kappa shape index (κ3) is 8.51. The number of aliphatic carboxylic acids is 2. The van der Waals surface area contributed by atoms with E-state index in [0.29, 0.717) is 23.8 Å². The molecule has 0 spiro atoms. The first-order valence-corrected chi connectivity index (χ1v) is 10.5. The summed E-state index contributed by atoms with van der Waals surface area (Å²) >= 11 is 0. The van der Waals surface area contributed by atoms with Gasteiger partial charge in [-0.05, 0) is 37.0 Å². The molecule has 10 heteroatoms. The fraction of sp³-hybridized carbons (Fsp3) is 0.545. The van der Waals surface area contributed by atoms with Crippen LogP contribution in [0.15, 0.2) is 36.4 Å². The number of nitrogens with zero attached hydrogens (tertiary/aromatic N) is 2. The smallest absolute Gasteiger partial charge is 0.416 e. The van der Waals surface area contributed by atoms with Gasteiger partial charge < -0.3 is 20.2 Å². The SMILES string of the molecule is O=C(O)/C=C/C(=O)O.OC1CCCCC1CN1CCN(c2cccc(C(F)(F)F)c2)CC1. The molecule has 1 saturated carbocycles. The van der Waals surface area contributed by atoms with Crippen LogP contribution in [0.1, 0.15) is 31.2 Å². The summed E-state index contributed by atoms with van der Waals surface area (Å²) in [6.07, 6.45) is 0.899. The fourth-order valence-electron chi connectivity index (χ4n) is 3.94. The Morgan fingerprint density at radius 2 is 1.59 bits per heavy atom. The third-order valence-electron chi connectivity index (χ3n) is 5.64. The molecule has 32 heavy (non-hydrogen) atoms. The molecule has 0 radical (unpaired) electrons. The van der Waals surface area contributed by atoms with E-state index < -0.39 is 23.7 Å². The molecular formula is C22H29F3N2O5.